The highest BCUT2D eigenvalue weighted by atomic mass is 16.3. The second kappa shape index (κ2) is 9.58. The summed E-state index contributed by atoms with van der Waals surface area (Å²) in [5.41, 5.74) is 1.78. The van der Waals surface area contributed by atoms with Crippen molar-refractivity contribution in [3.8, 4) is 5.75 Å². The number of carbonyl (C=O) groups excluding carboxylic acids is 2. The van der Waals surface area contributed by atoms with Crippen LogP contribution in [-0.2, 0) is 16.1 Å². The summed E-state index contributed by atoms with van der Waals surface area (Å²) in [7, 11) is 1.94. The highest BCUT2D eigenvalue weighted by molar-refractivity contribution is 5.91. The molecule has 0 spiro atoms. The van der Waals surface area contributed by atoms with Gasteiger partial charge in [-0.2, -0.15) is 0 Å². The summed E-state index contributed by atoms with van der Waals surface area (Å²) in [6, 6.07) is 16.3. The smallest absolute Gasteiger partial charge is 0.226 e. The Bertz CT molecular complexity index is 717. The Labute approximate surface area is 154 Å². The molecule has 0 atom stereocenters. The number of benzene rings is 2. The lowest BCUT2D eigenvalue weighted by atomic mass is 10.2. The predicted molar refractivity (Wildman–Crippen MR) is 102 cm³/mol. The molecule has 0 radical (unpaired) electrons. The van der Waals surface area contributed by atoms with Crippen molar-refractivity contribution in [3.63, 3.8) is 0 Å². The van der Waals surface area contributed by atoms with Gasteiger partial charge in [0.25, 0.3) is 0 Å². The summed E-state index contributed by atoms with van der Waals surface area (Å²) in [6.45, 7) is 3.04. The predicted octanol–water partition coefficient (Wildman–Crippen LogP) is 2.66. The average Bonchev–Trinajstić information content (AvgIpc) is 2.61. The number of carbonyl (C=O) groups is 2. The molecule has 138 valence electrons. The summed E-state index contributed by atoms with van der Waals surface area (Å²) in [6.07, 6.45) is 0.208. The molecule has 0 aliphatic rings. The van der Waals surface area contributed by atoms with Gasteiger partial charge < -0.3 is 15.3 Å². The van der Waals surface area contributed by atoms with E-state index in [2.05, 4.69) is 5.32 Å². The van der Waals surface area contributed by atoms with Crippen molar-refractivity contribution in [2.45, 2.75) is 19.9 Å². The molecule has 2 N–H and O–H groups in total. The third kappa shape index (κ3) is 6.57. The summed E-state index contributed by atoms with van der Waals surface area (Å²) < 4.78 is 0. The number of anilines is 1. The minimum Gasteiger partial charge on any atom is -0.508 e. The highest BCUT2D eigenvalue weighted by Gasteiger charge is 2.14. The number of amides is 2. The summed E-state index contributed by atoms with van der Waals surface area (Å²) in [5, 5.41) is 12.0. The van der Waals surface area contributed by atoms with Crippen LogP contribution in [0.2, 0.25) is 0 Å². The van der Waals surface area contributed by atoms with E-state index < -0.39 is 0 Å². The van der Waals surface area contributed by atoms with Gasteiger partial charge in [0.1, 0.15) is 5.75 Å². The van der Waals surface area contributed by atoms with Crippen molar-refractivity contribution in [3.05, 3.63) is 60.2 Å². The Morgan fingerprint density at radius 2 is 1.69 bits per heavy atom. The molecule has 2 aromatic rings. The fourth-order valence-corrected chi connectivity index (χ4v) is 2.57. The minimum absolute atomic E-state index is 0.0673. The standard InChI is InChI=1S/C20H25N3O3/c1-16(24)23(15-22(2)14-17-6-4-3-5-7-17)13-12-20(26)21-18-8-10-19(25)11-9-18/h3-11,25H,12-15H2,1-2H3,(H,21,26). The quantitative estimate of drug-likeness (QED) is 0.564. The van der Waals surface area contributed by atoms with Gasteiger partial charge in [-0.25, -0.2) is 0 Å². The Hall–Kier alpha value is -2.86. The van der Waals surface area contributed by atoms with Crippen LogP contribution in [0.5, 0.6) is 5.75 Å². The van der Waals surface area contributed by atoms with Crippen LogP contribution >= 0.6 is 0 Å². The van der Waals surface area contributed by atoms with Gasteiger partial charge in [0, 0.05) is 32.1 Å². The van der Waals surface area contributed by atoms with Gasteiger partial charge in [-0.15, -0.1) is 0 Å². The molecule has 0 heterocycles. The largest absolute Gasteiger partial charge is 0.508 e. The number of phenolic OH excluding ortho intramolecular Hbond substituents is 1. The van der Waals surface area contributed by atoms with Crippen molar-refractivity contribution < 1.29 is 14.7 Å². The number of hydrogen-bond acceptors (Lipinski definition) is 4. The number of aromatic hydroxyl groups is 1. The molecule has 0 aromatic heterocycles. The van der Waals surface area contributed by atoms with Crippen LogP contribution in [0.15, 0.2) is 54.6 Å². The van der Waals surface area contributed by atoms with Gasteiger partial charge in [0.15, 0.2) is 0 Å². The summed E-state index contributed by atoms with van der Waals surface area (Å²) in [4.78, 5) is 27.6. The van der Waals surface area contributed by atoms with Gasteiger partial charge >= 0.3 is 0 Å². The van der Waals surface area contributed by atoms with E-state index >= 15 is 0 Å². The maximum absolute atomic E-state index is 12.1. The number of hydrogen-bond donors (Lipinski definition) is 2. The second-order valence-corrected chi connectivity index (χ2v) is 6.27. The van der Waals surface area contributed by atoms with Crippen molar-refractivity contribution in [1.29, 1.82) is 0 Å². The molecular weight excluding hydrogens is 330 g/mol. The van der Waals surface area contributed by atoms with E-state index in [1.807, 2.05) is 42.3 Å². The van der Waals surface area contributed by atoms with Crippen LogP contribution in [0.4, 0.5) is 5.69 Å². The molecule has 0 unspecified atom stereocenters. The number of rotatable bonds is 8. The van der Waals surface area contributed by atoms with E-state index in [1.54, 1.807) is 17.0 Å². The maximum atomic E-state index is 12.1. The molecule has 2 rings (SSSR count). The monoisotopic (exact) mass is 355 g/mol. The molecule has 0 saturated carbocycles. The number of phenols is 1. The first-order chi connectivity index (χ1) is 12.4. The lowest BCUT2D eigenvalue weighted by molar-refractivity contribution is -0.131. The van der Waals surface area contributed by atoms with Crippen molar-refractivity contribution in [2.24, 2.45) is 0 Å². The van der Waals surface area contributed by atoms with Gasteiger partial charge in [-0.1, -0.05) is 30.3 Å². The van der Waals surface area contributed by atoms with Crippen molar-refractivity contribution in [2.75, 3.05) is 25.6 Å². The molecule has 0 aliphatic heterocycles. The molecular formula is C20H25N3O3. The Morgan fingerprint density at radius 1 is 1.04 bits per heavy atom. The first-order valence-electron chi connectivity index (χ1n) is 8.51. The maximum Gasteiger partial charge on any atom is 0.226 e. The summed E-state index contributed by atoms with van der Waals surface area (Å²) in [5.74, 6) is -0.0952. The van der Waals surface area contributed by atoms with E-state index in [9.17, 15) is 14.7 Å². The molecule has 6 heteroatoms. The SMILES string of the molecule is CC(=O)N(CCC(=O)Nc1ccc(O)cc1)CN(C)Cc1ccccc1. The summed E-state index contributed by atoms with van der Waals surface area (Å²) >= 11 is 0. The van der Waals surface area contributed by atoms with Crippen LogP contribution in [0.25, 0.3) is 0 Å². The van der Waals surface area contributed by atoms with Crippen molar-refractivity contribution in [1.82, 2.24) is 9.80 Å². The van der Waals surface area contributed by atoms with Crippen LogP contribution in [0.1, 0.15) is 18.9 Å². The Balaban J connectivity index is 1.82. The second-order valence-electron chi connectivity index (χ2n) is 6.27. The molecule has 0 saturated heterocycles. The van der Waals surface area contributed by atoms with E-state index in [0.29, 0.717) is 18.9 Å². The van der Waals surface area contributed by atoms with Crippen molar-refractivity contribution >= 4 is 17.5 Å². The topological polar surface area (TPSA) is 72.9 Å². The van der Waals surface area contributed by atoms with Crippen LogP contribution in [-0.4, -0.2) is 47.0 Å². The minimum atomic E-state index is -0.173. The van der Waals surface area contributed by atoms with Crippen LogP contribution in [0.3, 0.4) is 0 Å². The molecule has 2 amide bonds. The van der Waals surface area contributed by atoms with Gasteiger partial charge in [0.2, 0.25) is 11.8 Å². The van der Waals surface area contributed by atoms with Crippen LogP contribution < -0.4 is 5.32 Å². The van der Waals surface area contributed by atoms with Gasteiger partial charge in [-0.3, -0.25) is 14.5 Å². The molecule has 0 fully saturated rings. The zero-order valence-electron chi connectivity index (χ0n) is 15.2. The van der Waals surface area contributed by atoms with Gasteiger partial charge in [0.05, 0.1) is 6.67 Å². The molecule has 0 bridgehead atoms. The lowest BCUT2D eigenvalue weighted by Gasteiger charge is -2.27. The zero-order valence-corrected chi connectivity index (χ0v) is 15.2. The molecule has 6 nitrogen and oxygen atoms in total. The molecule has 26 heavy (non-hydrogen) atoms. The zero-order chi connectivity index (χ0) is 18.9. The Kier molecular flexibility index (Phi) is 7.17. The lowest BCUT2D eigenvalue weighted by Crippen LogP contribution is -2.40. The van der Waals surface area contributed by atoms with E-state index in [-0.39, 0.29) is 24.0 Å². The first-order valence-corrected chi connectivity index (χ1v) is 8.51. The average molecular weight is 355 g/mol. The Morgan fingerprint density at radius 3 is 2.31 bits per heavy atom. The fraction of sp³-hybridized carbons (Fsp3) is 0.300. The fourth-order valence-electron chi connectivity index (χ4n) is 2.57. The normalized spacial score (nSPS) is 10.6. The van der Waals surface area contributed by atoms with E-state index in [0.717, 1.165) is 6.54 Å². The highest BCUT2D eigenvalue weighted by Crippen LogP contribution is 2.14. The molecule has 2 aromatic carbocycles. The van der Waals surface area contributed by atoms with E-state index in [1.165, 1.54) is 24.6 Å². The first kappa shape index (κ1) is 19.5. The molecule has 0 aliphatic carbocycles. The van der Waals surface area contributed by atoms with E-state index in [4.69, 9.17) is 0 Å². The number of nitrogens with one attached hydrogen (secondary N) is 1. The number of nitrogens with zero attached hydrogens (tertiary/aromatic N) is 2. The van der Waals surface area contributed by atoms with Crippen LogP contribution in [0, 0.1) is 0 Å². The third-order valence-corrected chi connectivity index (χ3v) is 3.91. The third-order valence-electron chi connectivity index (χ3n) is 3.91. The van der Waals surface area contributed by atoms with Gasteiger partial charge in [-0.05, 0) is 36.9 Å².